The molecular weight excluding hydrogens is 287 g/mol. The molecule has 90 valence electrons. The zero-order chi connectivity index (χ0) is 12.8. The Labute approximate surface area is 108 Å². The van der Waals surface area contributed by atoms with Crippen molar-refractivity contribution in [2.75, 3.05) is 13.1 Å². The van der Waals surface area contributed by atoms with E-state index in [-0.39, 0.29) is 17.9 Å². The molecule has 3 nitrogen and oxygen atoms in total. The van der Waals surface area contributed by atoms with Crippen molar-refractivity contribution in [3.05, 3.63) is 34.1 Å². The largest absolute Gasteiger partial charge is 0.338 e. The first-order chi connectivity index (χ1) is 8.10. The Morgan fingerprint density at radius 1 is 1.59 bits per heavy atom. The Kier molecular flexibility index (Phi) is 5.11. The number of carbonyl (C=O) groups is 1. The van der Waals surface area contributed by atoms with Gasteiger partial charge in [-0.25, -0.2) is 4.39 Å². The molecule has 0 N–H and O–H groups in total. The van der Waals surface area contributed by atoms with Crippen LogP contribution >= 0.6 is 15.9 Å². The molecule has 1 aromatic carbocycles. The topological polar surface area (TPSA) is 44.1 Å². The van der Waals surface area contributed by atoms with E-state index in [1.54, 1.807) is 13.0 Å². The van der Waals surface area contributed by atoms with Gasteiger partial charge in [-0.2, -0.15) is 5.26 Å². The number of rotatable bonds is 4. The molecule has 0 spiro atoms. The minimum absolute atomic E-state index is 0.0352. The summed E-state index contributed by atoms with van der Waals surface area (Å²) in [6.07, 6.45) is 0.248. The van der Waals surface area contributed by atoms with Gasteiger partial charge in [-0.15, -0.1) is 0 Å². The number of benzene rings is 1. The van der Waals surface area contributed by atoms with Gasteiger partial charge in [0.05, 0.1) is 18.1 Å². The fraction of sp³-hybridized carbons (Fsp3) is 0.333. The van der Waals surface area contributed by atoms with Gasteiger partial charge in [-0.05, 0) is 25.1 Å². The lowest BCUT2D eigenvalue weighted by Gasteiger charge is -2.19. The molecule has 17 heavy (non-hydrogen) atoms. The van der Waals surface area contributed by atoms with E-state index in [4.69, 9.17) is 5.26 Å². The second-order valence-electron chi connectivity index (χ2n) is 3.42. The lowest BCUT2D eigenvalue weighted by atomic mass is 10.2. The molecule has 1 rings (SSSR count). The summed E-state index contributed by atoms with van der Waals surface area (Å²) in [5, 5.41) is 8.49. The minimum atomic E-state index is -0.556. The van der Waals surface area contributed by atoms with E-state index >= 15 is 0 Å². The van der Waals surface area contributed by atoms with Gasteiger partial charge in [0.2, 0.25) is 0 Å². The van der Waals surface area contributed by atoms with Gasteiger partial charge in [0.1, 0.15) is 5.82 Å². The van der Waals surface area contributed by atoms with Crippen molar-refractivity contribution in [1.82, 2.24) is 4.90 Å². The van der Waals surface area contributed by atoms with Crippen LogP contribution in [0.5, 0.6) is 0 Å². The zero-order valence-corrected chi connectivity index (χ0v) is 11.0. The van der Waals surface area contributed by atoms with Crippen molar-refractivity contribution in [2.45, 2.75) is 13.3 Å². The molecule has 5 heteroatoms. The van der Waals surface area contributed by atoms with Crippen LogP contribution in [0, 0.1) is 17.1 Å². The van der Waals surface area contributed by atoms with E-state index < -0.39 is 5.82 Å². The number of hydrogen-bond acceptors (Lipinski definition) is 2. The fourth-order valence-corrected chi connectivity index (χ4v) is 1.75. The molecule has 0 aliphatic heterocycles. The van der Waals surface area contributed by atoms with Gasteiger partial charge >= 0.3 is 0 Å². The van der Waals surface area contributed by atoms with Crippen LogP contribution in [0.2, 0.25) is 0 Å². The van der Waals surface area contributed by atoms with E-state index in [0.29, 0.717) is 17.6 Å². The molecule has 0 aliphatic carbocycles. The van der Waals surface area contributed by atoms with Crippen molar-refractivity contribution in [1.29, 1.82) is 5.26 Å². The number of amides is 1. The maximum Gasteiger partial charge on any atom is 0.256 e. The van der Waals surface area contributed by atoms with Crippen LogP contribution in [-0.4, -0.2) is 23.9 Å². The molecule has 0 aromatic heterocycles. The van der Waals surface area contributed by atoms with Gasteiger partial charge in [-0.1, -0.05) is 15.9 Å². The van der Waals surface area contributed by atoms with Crippen molar-refractivity contribution in [2.24, 2.45) is 0 Å². The average molecular weight is 299 g/mol. The quantitative estimate of drug-likeness (QED) is 0.858. The normalized spacial score (nSPS) is 9.76. The Morgan fingerprint density at radius 3 is 2.82 bits per heavy atom. The second-order valence-corrected chi connectivity index (χ2v) is 4.33. The highest BCUT2D eigenvalue weighted by molar-refractivity contribution is 9.10. The van der Waals surface area contributed by atoms with E-state index in [2.05, 4.69) is 15.9 Å². The smallest absolute Gasteiger partial charge is 0.256 e. The van der Waals surface area contributed by atoms with E-state index in [1.165, 1.54) is 17.0 Å². The van der Waals surface area contributed by atoms with Gasteiger partial charge < -0.3 is 4.90 Å². The summed E-state index contributed by atoms with van der Waals surface area (Å²) >= 11 is 3.13. The first-order valence-electron chi connectivity index (χ1n) is 5.21. The summed E-state index contributed by atoms with van der Waals surface area (Å²) in [6.45, 7) is 2.57. The second kappa shape index (κ2) is 6.36. The standard InChI is InChI=1S/C12H12BrFN2O/c1-2-16(7-3-6-15)12(17)10-5-4-9(13)8-11(10)14/h4-5,8H,2-3,7H2,1H3. The van der Waals surface area contributed by atoms with Crippen LogP contribution in [0.25, 0.3) is 0 Å². The molecule has 1 aromatic rings. The highest BCUT2D eigenvalue weighted by Gasteiger charge is 2.17. The molecule has 0 atom stereocenters. The molecule has 0 saturated heterocycles. The van der Waals surface area contributed by atoms with Crippen LogP contribution in [0.1, 0.15) is 23.7 Å². The molecule has 0 fully saturated rings. The number of halogens is 2. The van der Waals surface area contributed by atoms with Crippen LogP contribution in [0.3, 0.4) is 0 Å². The molecule has 0 radical (unpaired) electrons. The summed E-state index contributed by atoms with van der Waals surface area (Å²) in [4.78, 5) is 13.4. The minimum Gasteiger partial charge on any atom is -0.338 e. The van der Waals surface area contributed by atoms with Gasteiger partial charge in [-0.3, -0.25) is 4.79 Å². The predicted molar refractivity (Wildman–Crippen MR) is 65.9 cm³/mol. The highest BCUT2D eigenvalue weighted by atomic mass is 79.9. The number of carbonyl (C=O) groups excluding carboxylic acids is 1. The van der Waals surface area contributed by atoms with Crippen molar-refractivity contribution in [3.63, 3.8) is 0 Å². The van der Waals surface area contributed by atoms with Crippen LogP contribution in [0.15, 0.2) is 22.7 Å². The molecule has 0 aliphatic rings. The van der Waals surface area contributed by atoms with Crippen LogP contribution in [-0.2, 0) is 0 Å². The molecule has 0 unspecified atom stereocenters. The lowest BCUT2D eigenvalue weighted by molar-refractivity contribution is 0.0763. The maximum atomic E-state index is 13.6. The van der Waals surface area contributed by atoms with Crippen molar-refractivity contribution < 1.29 is 9.18 Å². The molecule has 0 heterocycles. The lowest BCUT2D eigenvalue weighted by Crippen LogP contribution is -2.32. The molecule has 1 amide bonds. The zero-order valence-electron chi connectivity index (χ0n) is 9.41. The van der Waals surface area contributed by atoms with Crippen molar-refractivity contribution >= 4 is 21.8 Å². The first kappa shape index (κ1) is 13.7. The van der Waals surface area contributed by atoms with E-state index in [9.17, 15) is 9.18 Å². The number of hydrogen-bond donors (Lipinski definition) is 0. The summed E-state index contributed by atoms with van der Waals surface area (Å²) in [5.41, 5.74) is 0.0352. The third-order valence-electron chi connectivity index (χ3n) is 2.32. The summed E-state index contributed by atoms with van der Waals surface area (Å²) in [7, 11) is 0. The van der Waals surface area contributed by atoms with E-state index in [0.717, 1.165) is 0 Å². The van der Waals surface area contributed by atoms with Crippen molar-refractivity contribution in [3.8, 4) is 6.07 Å². The fourth-order valence-electron chi connectivity index (χ4n) is 1.42. The third kappa shape index (κ3) is 3.53. The SMILES string of the molecule is CCN(CCC#N)C(=O)c1ccc(Br)cc1F. The van der Waals surface area contributed by atoms with Gasteiger partial charge in [0.25, 0.3) is 5.91 Å². The highest BCUT2D eigenvalue weighted by Crippen LogP contribution is 2.17. The van der Waals surface area contributed by atoms with E-state index in [1.807, 2.05) is 6.07 Å². The van der Waals surface area contributed by atoms with Crippen LogP contribution in [0.4, 0.5) is 4.39 Å². The Balaban J connectivity index is 2.90. The maximum absolute atomic E-state index is 13.6. The summed E-state index contributed by atoms with van der Waals surface area (Å²) < 4.78 is 14.2. The van der Waals surface area contributed by atoms with Gasteiger partial charge in [0, 0.05) is 17.6 Å². The van der Waals surface area contributed by atoms with Gasteiger partial charge in [0.15, 0.2) is 0 Å². The summed E-state index contributed by atoms with van der Waals surface area (Å²) in [5.74, 6) is -0.937. The molecule has 0 saturated carbocycles. The third-order valence-corrected chi connectivity index (χ3v) is 2.82. The van der Waals surface area contributed by atoms with Crippen LogP contribution < -0.4 is 0 Å². The average Bonchev–Trinajstić information content (AvgIpc) is 2.29. The summed E-state index contributed by atoms with van der Waals surface area (Å²) in [6, 6.07) is 6.28. The molecular formula is C12H12BrFN2O. The number of nitriles is 1. The molecule has 0 bridgehead atoms. The Bertz CT molecular complexity index is 456. The Morgan fingerprint density at radius 2 is 2.29 bits per heavy atom. The number of nitrogens with zero attached hydrogens (tertiary/aromatic N) is 2. The monoisotopic (exact) mass is 298 g/mol. The first-order valence-corrected chi connectivity index (χ1v) is 6.00. The predicted octanol–water partition coefficient (Wildman–Crippen LogP) is 2.96. The Hall–Kier alpha value is -1.41.